The van der Waals surface area contributed by atoms with E-state index >= 15 is 0 Å². The van der Waals surface area contributed by atoms with E-state index in [0.29, 0.717) is 23.2 Å². The summed E-state index contributed by atoms with van der Waals surface area (Å²) in [6.07, 6.45) is 6.02. The molecular weight excluding hydrogens is 547 g/mol. The Bertz CT molecular complexity index is 1110. The quantitative estimate of drug-likeness (QED) is 0.277. The summed E-state index contributed by atoms with van der Waals surface area (Å²) >= 11 is 11.7. The molecule has 0 bridgehead atoms. The number of hydrogen-bond acceptors (Lipinski definition) is 5. The summed E-state index contributed by atoms with van der Waals surface area (Å²) in [6.45, 7) is 2.95. The smallest absolute Gasteiger partial charge is 0.225 e. The molecule has 1 heterocycles. The van der Waals surface area contributed by atoms with Crippen molar-refractivity contribution in [3.05, 3.63) is 76.3 Å². The lowest BCUT2D eigenvalue weighted by atomic mass is 9.89. The maximum absolute atomic E-state index is 12.6. The van der Waals surface area contributed by atoms with Crippen molar-refractivity contribution >= 4 is 41.5 Å². The molecule has 1 unspecified atom stereocenters. The number of aromatic nitrogens is 2. The Hall–Kier alpha value is -2.45. The molecule has 2 N–H and O–H groups in total. The van der Waals surface area contributed by atoms with Gasteiger partial charge in [-0.1, -0.05) is 35.3 Å². The predicted octanol–water partition coefficient (Wildman–Crippen LogP) is 5.85. The third-order valence-corrected chi connectivity index (χ3v) is 6.52. The number of hydrogen-bond donors (Lipinski definition) is 2. The lowest BCUT2D eigenvalue weighted by Gasteiger charge is -2.26. The lowest BCUT2D eigenvalue weighted by Crippen LogP contribution is -2.36. The van der Waals surface area contributed by atoms with Gasteiger partial charge in [-0.25, -0.2) is 4.98 Å². The number of imidazole rings is 1. The minimum absolute atomic E-state index is 0. The number of nitrogens with one attached hydrogen (secondary N) is 2. The van der Waals surface area contributed by atoms with Gasteiger partial charge in [-0.15, -0.1) is 12.4 Å². The van der Waals surface area contributed by atoms with Gasteiger partial charge in [0.1, 0.15) is 11.5 Å². The minimum atomic E-state index is 0. The van der Waals surface area contributed by atoms with E-state index in [4.69, 9.17) is 32.7 Å². The van der Waals surface area contributed by atoms with Gasteiger partial charge in [-0.3, -0.25) is 4.79 Å². The van der Waals surface area contributed by atoms with E-state index in [-0.39, 0.29) is 24.2 Å². The first-order chi connectivity index (χ1) is 18.0. The monoisotopic (exact) mass is 582 g/mol. The number of ether oxygens (including phenoxy) is 2. The molecule has 1 aliphatic rings. The molecule has 1 aliphatic carbocycles. The Morgan fingerprint density at radius 1 is 1.08 bits per heavy atom. The fourth-order valence-corrected chi connectivity index (χ4v) is 4.44. The number of halogens is 3. The summed E-state index contributed by atoms with van der Waals surface area (Å²) in [4.78, 5) is 21.8. The number of aromatic amines is 1. The second-order valence-corrected chi connectivity index (χ2v) is 9.82. The highest BCUT2D eigenvalue weighted by Gasteiger charge is 2.28. The minimum Gasteiger partial charge on any atom is -0.493 e. The molecule has 208 valence electrons. The van der Waals surface area contributed by atoms with Gasteiger partial charge in [0, 0.05) is 41.7 Å². The van der Waals surface area contributed by atoms with Gasteiger partial charge in [0.2, 0.25) is 5.91 Å². The molecule has 1 aromatic heterocycles. The van der Waals surface area contributed by atoms with Crippen LogP contribution in [0.5, 0.6) is 11.5 Å². The number of H-pyrrole nitrogens is 1. The SMILES string of the molecule is CN(CCCOc1cccc(Cl)c1)C(=O)C1CCc2nc[nH]c2C1.CNCCCOc1cccc(Cl)c1.Cl. The number of fused-ring (bicyclic) bond motifs is 1. The van der Waals surface area contributed by atoms with Gasteiger partial charge in [0.05, 0.1) is 25.2 Å². The number of carbonyl (C=O) groups is 1. The zero-order valence-corrected chi connectivity index (χ0v) is 24.2. The van der Waals surface area contributed by atoms with Crippen LogP contribution in [-0.4, -0.2) is 61.2 Å². The summed E-state index contributed by atoms with van der Waals surface area (Å²) in [7, 11) is 3.80. The molecule has 4 rings (SSSR count). The fraction of sp³-hybridized carbons (Fsp3) is 0.429. The van der Waals surface area contributed by atoms with Crippen LogP contribution in [-0.2, 0) is 17.6 Å². The van der Waals surface area contributed by atoms with E-state index in [0.717, 1.165) is 68.1 Å². The molecule has 7 nitrogen and oxygen atoms in total. The Morgan fingerprint density at radius 2 is 1.71 bits per heavy atom. The summed E-state index contributed by atoms with van der Waals surface area (Å²) in [6, 6.07) is 14.8. The van der Waals surface area contributed by atoms with Crippen molar-refractivity contribution in [2.24, 2.45) is 5.92 Å². The number of amides is 1. The van der Waals surface area contributed by atoms with E-state index in [1.165, 1.54) is 0 Å². The molecule has 0 spiro atoms. The molecule has 1 atom stereocenters. The zero-order chi connectivity index (χ0) is 26.5. The second kappa shape index (κ2) is 17.2. The number of nitrogens with zero attached hydrogens (tertiary/aromatic N) is 2. The first kappa shape index (κ1) is 31.8. The summed E-state index contributed by atoms with van der Waals surface area (Å²) in [5.41, 5.74) is 2.22. The molecule has 3 aromatic rings. The first-order valence-corrected chi connectivity index (χ1v) is 13.4. The topological polar surface area (TPSA) is 79.5 Å². The van der Waals surface area contributed by atoms with Crippen molar-refractivity contribution in [3.8, 4) is 11.5 Å². The van der Waals surface area contributed by atoms with Crippen LogP contribution in [0, 0.1) is 5.92 Å². The molecule has 0 radical (unpaired) electrons. The second-order valence-electron chi connectivity index (χ2n) is 8.95. The Balaban J connectivity index is 0.000000309. The van der Waals surface area contributed by atoms with Gasteiger partial charge in [0.25, 0.3) is 0 Å². The highest BCUT2D eigenvalue weighted by atomic mass is 35.5. The molecule has 0 aliphatic heterocycles. The van der Waals surface area contributed by atoms with Crippen LogP contribution in [0.2, 0.25) is 10.0 Å². The van der Waals surface area contributed by atoms with Crippen molar-refractivity contribution in [2.45, 2.75) is 32.1 Å². The van der Waals surface area contributed by atoms with Crippen LogP contribution in [0.15, 0.2) is 54.9 Å². The number of benzene rings is 2. The Labute approximate surface area is 241 Å². The predicted molar refractivity (Wildman–Crippen MR) is 156 cm³/mol. The van der Waals surface area contributed by atoms with Crippen LogP contribution in [0.3, 0.4) is 0 Å². The normalized spacial score (nSPS) is 13.8. The molecule has 10 heteroatoms. The highest BCUT2D eigenvalue weighted by Crippen LogP contribution is 2.24. The van der Waals surface area contributed by atoms with E-state index in [1.807, 2.05) is 61.5 Å². The average Bonchev–Trinajstić information content (AvgIpc) is 3.37. The largest absolute Gasteiger partial charge is 0.493 e. The van der Waals surface area contributed by atoms with Gasteiger partial charge < -0.3 is 24.7 Å². The van der Waals surface area contributed by atoms with Gasteiger partial charge in [-0.05, 0) is 75.7 Å². The molecule has 1 amide bonds. The van der Waals surface area contributed by atoms with Crippen LogP contribution in [0.25, 0.3) is 0 Å². The van der Waals surface area contributed by atoms with Crippen molar-refractivity contribution in [3.63, 3.8) is 0 Å². The molecular formula is C28H37Cl3N4O3. The summed E-state index contributed by atoms with van der Waals surface area (Å²) in [5, 5.41) is 4.44. The van der Waals surface area contributed by atoms with Crippen molar-refractivity contribution < 1.29 is 14.3 Å². The van der Waals surface area contributed by atoms with E-state index in [1.54, 1.807) is 12.4 Å². The van der Waals surface area contributed by atoms with Crippen LogP contribution < -0.4 is 14.8 Å². The Morgan fingerprint density at radius 3 is 2.32 bits per heavy atom. The van der Waals surface area contributed by atoms with E-state index in [9.17, 15) is 4.79 Å². The van der Waals surface area contributed by atoms with Crippen LogP contribution in [0.4, 0.5) is 0 Å². The van der Waals surface area contributed by atoms with Crippen molar-refractivity contribution in [1.29, 1.82) is 0 Å². The fourth-order valence-electron chi connectivity index (χ4n) is 4.08. The van der Waals surface area contributed by atoms with Gasteiger partial charge in [-0.2, -0.15) is 0 Å². The molecule has 0 saturated carbocycles. The molecule has 38 heavy (non-hydrogen) atoms. The molecule has 0 fully saturated rings. The molecule has 0 saturated heterocycles. The number of aryl methyl sites for hydroxylation is 1. The summed E-state index contributed by atoms with van der Waals surface area (Å²) in [5.74, 6) is 1.86. The average molecular weight is 584 g/mol. The lowest BCUT2D eigenvalue weighted by molar-refractivity contribution is -0.134. The maximum atomic E-state index is 12.6. The number of rotatable bonds is 11. The maximum Gasteiger partial charge on any atom is 0.225 e. The van der Waals surface area contributed by atoms with Gasteiger partial charge >= 0.3 is 0 Å². The summed E-state index contributed by atoms with van der Waals surface area (Å²) < 4.78 is 11.1. The Kier molecular flexibility index (Phi) is 14.4. The standard InChI is InChI=1S/C18H22ClN3O2.C10H14ClNO.ClH/c1-22(8-3-9-24-15-5-2-4-14(19)11-15)18(23)13-6-7-16-17(10-13)21-12-20-16;1-12-6-3-7-13-10-5-2-4-9(11)8-10;/h2,4-5,11-13H,3,6-10H2,1H3,(H,20,21);2,4-5,8,12H,3,6-7H2,1H3;1H. The van der Waals surface area contributed by atoms with Crippen molar-refractivity contribution in [2.75, 3.05) is 40.4 Å². The molecule has 2 aromatic carbocycles. The van der Waals surface area contributed by atoms with Gasteiger partial charge in [0.15, 0.2) is 0 Å². The number of carbonyl (C=O) groups excluding carboxylic acids is 1. The van der Waals surface area contributed by atoms with E-state index in [2.05, 4.69) is 15.3 Å². The van der Waals surface area contributed by atoms with Crippen molar-refractivity contribution in [1.82, 2.24) is 20.2 Å². The zero-order valence-electron chi connectivity index (χ0n) is 21.9. The van der Waals surface area contributed by atoms with E-state index < -0.39 is 0 Å². The first-order valence-electron chi connectivity index (χ1n) is 12.6. The highest BCUT2D eigenvalue weighted by molar-refractivity contribution is 6.31. The third kappa shape index (κ3) is 10.7. The van der Waals surface area contributed by atoms with Crippen LogP contribution >= 0.6 is 35.6 Å². The third-order valence-electron chi connectivity index (χ3n) is 6.05. The van der Waals surface area contributed by atoms with Crippen LogP contribution in [0.1, 0.15) is 30.7 Å².